The van der Waals surface area contributed by atoms with Crippen LogP contribution in [0.15, 0.2) is 91.0 Å². The molecule has 2 atom stereocenters. The second-order valence-electron chi connectivity index (χ2n) is 8.73. The van der Waals surface area contributed by atoms with E-state index in [-0.39, 0.29) is 5.92 Å². The minimum Gasteiger partial charge on any atom is -0.380 e. The first-order chi connectivity index (χ1) is 14.7. The van der Waals surface area contributed by atoms with Crippen LogP contribution >= 0.6 is 0 Å². The minimum absolute atomic E-state index is 0.209. The molecule has 1 fully saturated rings. The third kappa shape index (κ3) is 4.50. The van der Waals surface area contributed by atoms with Crippen molar-refractivity contribution in [2.75, 3.05) is 13.6 Å². The normalized spacial score (nSPS) is 19.7. The van der Waals surface area contributed by atoms with Gasteiger partial charge in [-0.25, -0.2) is 0 Å². The highest BCUT2D eigenvalue weighted by Gasteiger charge is 2.42. The van der Waals surface area contributed by atoms with Gasteiger partial charge in [0, 0.05) is 12.6 Å². The fraction of sp³-hybridized carbons (Fsp3) is 0.357. The molecule has 0 aromatic heterocycles. The monoisotopic (exact) mass is 399 g/mol. The number of hydrogen-bond acceptors (Lipinski definition) is 2. The third-order valence-corrected chi connectivity index (χ3v) is 6.88. The number of nitrogens with zero attached hydrogens (tertiary/aromatic N) is 1. The molecule has 0 heterocycles. The lowest BCUT2D eigenvalue weighted by Gasteiger charge is -2.44. The molecule has 0 radical (unpaired) electrons. The zero-order valence-electron chi connectivity index (χ0n) is 18.0. The SMILES string of the molecule is CN(CCc1ccccc1)C1CCCC(C(O)(c2ccccc2)c2ccccc2)C1. The van der Waals surface area contributed by atoms with E-state index in [0.29, 0.717) is 6.04 Å². The van der Waals surface area contributed by atoms with E-state index in [1.54, 1.807) is 0 Å². The summed E-state index contributed by atoms with van der Waals surface area (Å²) in [5.41, 5.74) is 2.46. The first kappa shape index (κ1) is 20.8. The number of rotatable bonds is 7. The fourth-order valence-corrected chi connectivity index (χ4v) is 5.10. The summed E-state index contributed by atoms with van der Waals surface area (Å²) in [5.74, 6) is 0.209. The molecule has 0 spiro atoms. The van der Waals surface area contributed by atoms with Gasteiger partial charge in [0.25, 0.3) is 0 Å². The van der Waals surface area contributed by atoms with Crippen LogP contribution in [-0.4, -0.2) is 29.6 Å². The Hall–Kier alpha value is -2.42. The van der Waals surface area contributed by atoms with E-state index < -0.39 is 5.60 Å². The van der Waals surface area contributed by atoms with Crippen molar-refractivity contribution in [3.63, 3.8) is 0 Å². The lowest BCUT2D eigenvalue weighted by atomic mass is 9.68. The molecule has 2 heteroatoms. The van der Waals surface area contributed by atoms with Crippen molar-refractivity contribution in [2.45, 2.75) is 43.7 Å². The van der Waals surface area contributed by atoms with Crippen molar-refractivity contribution >= 4 is 0 Å². The summed E-state index contributed by atoms with van der Waals surface area (Å²) in [6, 6.07) is 31.7. The molecule has 0 bridgehead atoms. The van der Waals surface area contributed by atoms with E-state index in [9.17, 15) is 5.11 Å². The van der Waals surface area contributed by atoms with Gasteiger partial charge in [0.15, 0.2) is 0 Å². The Kier molecular flexibility index (Phi) is 6.66. The van der Waals surface area contributed by atoms with Crippen molar-refractivity contribution in [1.29, 1.82) is 0 Å². The molecule has 0 amide bonds. The second-order valence-corrected chi connectivity index (χ2v) is 8.73. The number of likely N-dealkylation sites (N-methyl/N-ethyl adjacent to an activating group) is 1. The summed E-state index contributed by atoms with van der Waals surface area (Å²) in [7, 11) is 2.25. The van der Waals surface area contributed by atoms with Crippen LogP contribution in [0, 0.1) is 5.92 Å². The van der Waals surface area contributed by atoms with Gasteiger partial charge in [-0.05, 0) is 55.3 Å². The van der Waals surface area contributed by atoms with Crippen LogP contribution in [0.4, 0.5) is 0 Å². The number of benzene rings is 3. The smallest absolute Gasteiger partial charge is 0.117 e. The van der Waals surface area contributed by atoms with Gasteiger partial charge in [0.1, 0.15) is 5.60 Å². The average molecular weight is 400 g/mol. The van der Waals surface area contributed by atoms with Gasteiger partial charge in [0.05, 0.1) is 0 Å². The van der Waals surface area contributed by atoms with Crippen LogP contribution in [0.2, 0.25) is 0 Å². The maximum absolute atomic E-state index is 12.2. The maximum atomic E-state index is 12.2. The number of hydrogen-bond donors (Lipinski definition) is 1. The van der Waals surface area contributed by atoms with Crippen molar-refractivity contribution in [1.82, 2.24) is 4.90 Å². The van der Waals surface area contributed by atoms with Crippen LogP contribution in [0.5, 0.6) is 0 Å². The first-order valence-electron chi connectivity index (χ1n) is 11.3. The molecule has 4 rings (SSSR count). The fourth-order valence-electron chi connectivity index (χ4n) is 5.10. The van der Waals surface area contributed by atoms with Crippen molar-refractivity contribution < 1.29 is 5.11 Å². The molecule has 0 aliphatic heterocycles. The van der Waals surface area contributed by atoms with Crippen LogP contribution in [0.3, 0.4) is 0 Å². The van der Waals surface area contributed by atoms with Gasteiger partial charge >= 0.3 is 0 Å². The Bertz CT molecular complexity index is 854. The Labute approximate surface area is 181 Å². The van der Waals surface area contributed by atoms with Gasteiger partial charge in [-0.15, -0.1) is 0 Å². The molecule has 3 aromatic rings. The Morgan fingerprint density at radius 2 is 1.33 bits per heavy atom. The molecule has 1 aliphatic carbocycles. The van der Waals surface area contributed by atoms with Crippen LogP contribution in [0.25, 0.3) is 0 Å². The van der Waals surface area contributed by atoms with Gasteiger partial charge in [-0.2, -0.15) is 0 Å². The lowest BCUT2D eigenvalue weighted by molar-refractivity contribution is -0.0174. The highest BCUT2D eigenvalue weighted by molar-refractivity contribution is 5.37. The predicted molar refractivity (Wildman–Crippen MR) is 124 cm³/mol. The van der Waals surface area contributed by atoms with Crippen molar-refractivity contribution in [3.05, 3.63) is 108 Å². The average Bonchev–Trinajstić information content (AvgIpc) is 2.84. The molecular formula is C28H33NO. The molecule has 156 valence electrons. The molecule has 2 unspecified atom stereocenters. The lowest BCUT2D eigenvalue weighted by Crippen LogP contribution is -2.44. The van der Waals surface area contributed by atoms with Gasteiger partial charge in [-0.3, -0.25) is 0 Å². The van der Waals surface area contributed by atoms with Gasteiger partial charge < -0.3 is 10.0 Å². The van der Waals surface area contributed by atoms with Gasteiger partial charge in [-0.1, -0.05) is 97.4 Å². The molecule has 1 N–H and O–H groups in total. The molecule has 1 aliphatic rings. The highest BCUT2D eigenvalue weighted by Crippen LogP contribution is 2.44. The van der Waals surface area contributed by atoms with Crippen molar-refractivity contribution in [2.24, 2.45) is 5.92 Å². The van der Waals surface area contributed by atoms with Crippen LogP contribution < -0.4 is 0 Å². The molecular weight excluding hydrogens is 366 g/mol. The zero-order chi connectivity index (χ0) is 20.8. The molecule has 1 saturated carbocycles. The predicted octanol–water partition coefficient (Wildman–Crippen LogP) is 5.66. The maximum Gasteiger partial charge on any atom is 0.117 e. The molecule has 3 aromatic carbocycles. The van der Waals surface area contributed by atoms with E-state index >= 15 is 0 Å². The molecule has 2 nitrogen and oxygen atoms in total. The summed E-state index contributed by atoms with van der Waals surface area (Å²) >= 11 is 0. The largest absolute Gasteiger partial charge is 0.380 e. The Morgan fingerprint density at radius 3 is 1.90 bits per heavy atom. The summed E-state index contributed by atoms with van der Waals surface area (Å²) in [5, 5.41) is 12.2. The Morgan fingerprint density at radius 1 is 0.800 bits per heavy atom. The summed E-state index contributed by atoms with van der Waals surface area (Å²) in [4.78, 5) is 2.51. The van der Waals surface area contributed by atoms with Gasteiger partial charge in [0.2, 0.25) is 0 Å². The Balaban J connectivity index is 1.53. The first-order valence-corrected chi connectivity index (χ1v) is 11.3. The third-order valence-electron chi connectivity index (χ3n) is 6.88. The van der Waals surface area contributed by atoms with E-state index in [1.165, 1.54) is 12.0 Å². The van der Waals surface area contributed by atoms with Crippen LogP contribution in [0.1, 0.15) is 42.4 Å². The number of aliphatic hydroxyl groups is 1. The molecule has 30 heavy (non-hydrogen) atoms. The standard InChI is InChI=1S/C28H33NO/c1-29(21-20-23-12-5-2-6-13-23)27-19-11-18-26(22-27)28(30,24-14-7-3-8-15-24)25-16-9-4-10-17-25/h2-10,12-17,26-27,30H,11,18-22H2,1H3. The topological polar surface area (TPSA) is 23.5 Å². The van der Waals surface area contributed by atoms with E-state index in [0.717, 1.165) is 43.4 Å². The van der Waals surface area contributed by atoms with E-state index in [4.69, 9.17) is 0 Å². The quantitative estimate of drug-likeness (QED) is 0.554. The van der Waals surface area contributed by atoms with E-state index in [2.05, 4.69) is 66.5 Å². The van der Waals surface area contributed by atoms with Crippen LogP contribution in [-0.2, 0) is 12.0 Å². The summed E-state index contributed by atoms with van der Waals surface area (Å²) < 4.78 is 0. The summed E-state index contributed by atoms with van der Waals surface area (Å²) in [6.07, 6.45) is 5.52. The highest BCUT2D eigenvalue weighted by atomic mass is 16.3. The minimum atomic E-state index is -0.943. The van der Waals surface area contributed by atoms with Crippen molar-refractivity contribution in [3.8, 4) is 0 Å². The van der Waals surface area contributed by atoms with E-state index in [1.807, 2.05) is 36.4 Å². The second kappa shape index (κ2) is 9.59. The molecule has 0 saturated heterocycles. The zero-order valence-corrected chi connectivity index (χ0v) is 18.0. The summed E-state index contributed by atoms with van der Waals surface area (Å²) in [6.45, 7) is 1.05.